The first-order chi connectivity index (χ1) is 12.7. The van der Waals surface area contributed by atoms with E-state index in [4.69, 9.17) is 0 Å². The van der Waals surface area contributed by atoms with E-state index in [1.807, 2.05) is 53.6 Å². The van der Waals surface area contributed by atoms with Crippen LogP contribution in [0.1, 0.15) is 30.4 Å². The fourth-order valence-electron chi connectivity index (χ4n) is 3.92. The van der Waals surface area contributed by atoms with Crippen molar-refractivity contribution in [2.24, 2.45) is 0 Å². The molecule has 0 bridgehead atoms. The molecule has 3 aromatic rings. The summed E-state index contributed by atoms with van der Waals surface area (Å²) in [4.78, 5) is 17.7. The number of benzene rings is 2. The van der Waals surface area contributed by atoms with Crippen LogP contribution in [0.3, 0.4) is 0 Å². The number of amides is 1. The zero-order valence-electron chi connectivity index (χ0n) is 14.8. The zero-order chi connectivity index (χ0) is 18.0. The lowest BCUT2D eigenvalue weighted by Gasteiger charge is -2.24. The van der Waals surface area contributed by atoms with E-state index in [-0.39, 0.29) is 5.91 Å². The van der Waals surface area contributed by atoms with Crippen LogP contribution < -0.4 is 0 Å². The van der Waals surface area contributed by atoms with Crippen LogP contribution >= 0.6 is 0 Å². The van der Waals surface area contributed by atoms with Gasteiger partial charge in [-0.05, 0) is 36.5 Å². The Morgan fingerprint density at radius 2 is 1.88 bits per heavy atom. The zero-order valence-corrected chi connectivity index (χ0v) is 14.8. The van der Waals surface area contributed by atoms with Crippen molar-refractivity contribution < 1.29 is 9.90 Å². The average Bonchev–Trinajstić information content (AvgIpc) is 3.28. The van der Waals surface area contributed by atoms with Gasteiger partial charge in [0.05, 0.1) is 6.54 Å². The minimum absolute atomic E-state index is 0.136. The summed E-state index contributed by atoms with van der Waals surface area (Å²) >= 11 is 0. The van der Waals surface area contributed by atoms with Gasteiger partial charge in [-0.2, -0.15) is 0 Å². The molecule has 4 heteroatoms. The summed E-state index contributed by atoms with van der Waals surface area (Å²) in [6.45, 7) is 1.01. The Balaban J connectivity index is 1.33. The molecule has 1 atom stereocenters. The van der Waals surface area contributed by atoms with Crippen LogP contribution in [-0.2, 0) is 16.8 Å². The number of aromatic amines is 1. The molecule has 0 radical (unpaired) electrons. The van der Waals surface area contributed by atoms with E-state index < -0.39 is 5.60 Å². The molecule has 1 aliphatic heterocycles. The number of rotatable bonds is 5. The molecule has 2 heterocycles. The maximum atomic E-state index is 12.6. The summed E-state index contributed by atoms with van der Waals surface area (Å²) in [6.07, 6.45) is 4.86. The predicted molar refractivity (Wildman–Crippen MR) is 103 cm³/mol. The number of carbonyl (C=O) groups is 1. The van der Waals surface area contributed by atoms with Gasteiger partial charge in [0.2, 0.25) is 5.91 Å². The Kier molecular flexibility index (Phi) is 4.51. The summed E-state index contributed by atoms with van der Waals surface area (Å²) in [6, 6.07) is 17.9. The molecule has 4 rings (SSSR count). The minimum Gasteiger partial charge on any atom is -0.383 e. The Hall–Kier alpha value is -2.59. The van der Waals surface area contributed by atoms with Crippen molar-refractivity contribution in [3.8, 4) is 0 Å². The monoisotopic (exact) mass is 348 g/mol. The number of aromatic nitrogens is 1. The molecule has 26 heavy (non-hydrogen) atoms. The van der Waals surface area contributed by atoms with E-state index in [2.05, 4.69) is 17.1 Å². The van der Waals surface area contributed by atoms with Gasteiger partial charge in [-0.15, -0.1) is 0 Å². The van der Waals surface area contributed by atoms with Crippen LogP contribution in [0.15, 0.2) is 60.8 Å². The minimum atomic E-state index is -0.909. The van der Waals surface area contributed by atoms with Crippen molar-refractivity contribution in [2.75, 3.05) is 13.1 Å². The first-order valence-corrected chi connectivity index (χ1v) is 9.26. The largest absolute Gasteiger partial charge is 0.383 e. The van der Waals surface area contributed by atoms with Crippen LogP contribution in [0.25, 0.3) is 10.9 Å². The maximum Gasteiger partial charge on any atom is 0.222 e. The van der Waals surface area contributed by atoms with E-state index in [0.29, 0.717) is 25.9 Å². The Morgan fingerprint density at radius 1 is 1.12 bits per heavy atom. The van der Waals surface area contributed by atoms with Gasteiger partial charge in [0.25, 0.3) is 0 Å². The van der Waals surface area contributed by atoms with Crippen molar-refractivity contribution >= 4 is 16.8 Å². The first kappa shape index (κ1) is 16.9. The maximum absolute atomic E-state index is 12.6. The molecule has 134 valence electrons. The second kappa shape index (κ2) is 6.96. The highest BCUT2D eigenvalue weighted by Gasteiger charge is 2.39. The highest BCUT2D eigenvalue weighted by molar-refractivity contribution is 5.83. The fraction of sp³-hybridized carbons (Fsp3) is 0.318. The number of para-hydroxylation sites is 1. The molecule has 1 fully saturated rings. The van der Waals surface area contributed by atoms with Gasteiger partial charge in [-0.25, -0.2) is 0 Å². The summed E-state index contributed by atoms with van der Waals surface area (Å²) in [7, 11) is 0. The first-order valence-electron chi connectivity index (χ1n) is 9.26. The molecule has 1 saturated heterocycles. The number of nitrogens with one attached hydrogen (secondary N) is 1. The Morgan fingerprint density at radius 3 is 2.73 bits per heavy atom. The fourth-order valence-corrected chi connectivity index (χ4v) is 3.92. The molecule has 1 aliphatic rings. The predicted octanol–water partition coefficient (Wildman–Crippen LogP) is 3.61. The quantitative estimate of drug-likeness (QED) is 0.740. The number of H-pyrrole nitrogens is 1. The van der Waals surface area contributed by atoms with Crippen LogP contribution in [0.5, 0.6) is 0 Å². The van der Waals surface area contributed by atoms with Crippen LogP contribution in [0, 0.1) is 0 Å². The van der Waals surface area contributed by atoms with E-state index in [1.165, 1.54) is 10.9 Å². The van der Waals surface area contributed by atoms with Gasteiger partial charge < -0.3 is 15.0 Å². The van der Waals surface area contributed by atoms with Crippen LogP contribution in [0.4, 0.5) is 0 Å². The van der Waals surface area contributed by atoms with E-state index in [0.717, 1.165) is 23.9 Å². The number of carbonyl (C=O) groups excluding carboxylic acids is 1. The molecule has 0 spiro atoms. The summed E-state index contributed by atoms with van der Waals surface area (Å²) in [5, 5.41) is 12.1. The molecule has 0 aliphatic carbocycles. The lowest BCUT2D eigenvalue weighted by atomic mass is 9.93. The van der Waals surface area contributed by atoms with Gasteiger partial charge in [-0.3, -0.25) is 4.79 Å². The number of hydrogen-bond donors (Lipinski definition) is 2. The molecule has 4 nitrogen and oxygen atoms in total. The third-order valence-corrected chi connectivity index (χ3v) is 5.42. The third-order valence-electron chi connectivity index (χ3n) is 5.42. The van der Waals surface area contributed by atoms with E-state index >= 15 is 0 Å². The summed E-state index contributed by atoms with van der Waals surface area (Å²) < 4.78 is 0. The SMILES string of the molecule is O=C(CCCc1c[nH]c2ccccc12)N1CC[C@@](O)(c2ccccc2)C1. The second-order valence-corrected chi connectivity index (χ2v) is 7.18. The molecule has 1 aromatic heterocycles. The average molecular weight is 348 g/mol. The molecule has 0 saturated carbocycles. The number of aryl methyl sites for hydroxylation is 1. The molecular formula is C22H24N2O2. The van der Waals surface area contributed by atoms with Gasteiger partial charge in [0.1, 0.15) is 5.60 Å². The van der Waals surface area contributed by atoms with Crippen LogP contribution in [-0.4, -0.2) is 34.0 Å². The molecule has 1 amide bonds. The normalized spacial score (nSPS) is 20.0. The molecule has 2 N–H and O–H groups in total. The highest BCUT2D eigenvalue weighted by atomic mass is 16.3. The van der Waals surface area contributed by atoms with Gasteiger partial charge in [0.15, 0.2) is 0 Å². The number of likely N-dealkylation sites (tertiary alicyclic amines) is 1. The van der Waals surface area contributed by atoms with E-state index in [9.17, 15) is 9.90 Å². The highest BCUT2D eigenvalue weighted by Crippen LogP contribution is 2.32. The standard InChI is InChI=1S/C22H24N2O2/c25-21(12-6-7-17-15-23-20-11-5-4-10-19(17)20)24-14-13-22(26,16-24)18-8-2-1-3-9-18/h1-5,8-11,15,23,26H,6-7,12-14,16H2/t22-/m0/s1. The van der Waals surface area contributed by atoms with Crippen molar-refractivity contribution in [2.45, 2.75) is 31.3 Å². The lowest BCUT2D eigenvalue weighted by molar-refractivity contribution is -0.131. The Labute approximate surface area is 153 Å². The molecule has 0 unspecified atom stereocenters. The number of nitrogens with zero attached hydrogens (tertiary/aromatic N) is 1. The van der Waals surface area contributed by atoms with Gasteiger partial charge in [0, 0.05) is 30.1 Å². The van der Waals surface area contributed by atoms with Gasteiger partial charge in [-0.1, -0.05) is 48.5 Å². The second-order valence-electron chi connectivity index (χ2n) is 7.18. The third kappa shape index (κ3) is 3.25. The lowest BCUT2D eigenvalue weighted by Crippen LogP contribution is -2.34. The van der Waals surface area contributed by atoms with Crippen molar-refractivity contribution in [3.63, 3.8) is 0 Å². The van der Waals surface area contributed by atoms with Crippen molar-refractivity contribution in [3.05, 3.63) is 71.9 Å². The summed E-state index contributed by atoms with van der Waals surface area (Å²) in [5.74, 6) is 0.136. The summed E-state index contributed by atoms with van der Waals surface area (Å²) in [5.41, 5.74) is 2.39. The number of fused-ring (bicyclic) bond motifs is 1. The number of β-amino-alcohol motifs (C(OH)–C–C–N with tert-alkyl or cyclic N) is 1. The van der Waals surface area contributed by atoms with E-state index in [1.54, 1.807) is 0 Å². The smallest absolute Gasteiger partial charge is 0.222 e. The molecule has 2 aromatic carbocycles. The van der Waals surface area contributed by atoms with Gasteiger partial charge >= 0.3 is 0 Å². The number of aliphatic hydroxyl groups is 1. The van der Waals surface area contributed by atoms with Crippen LogP contribution in [0.2, 0.25) is 0 Å². The number of hydrogen-bond acceptors (Lipinski definition) is 2. The molecular weight excluding hydrogens is 324 g/mol. The Bertz CT molecular complexity index is 903. The van der Waals surface area contributed by atoms with Crippen molar-refractivity contribution in [1.29, 1.82) is 0 Å². The van der Waals surface area contributed by atoms with Crippen molar-refractivity contribution in [1.82, 2.24) is 9.88 Å². The topological polar surface area (TPSA) is 56.3 Å².